The predicted octanol–water partition coefficient (Wildman–Crippen LogP) is 8.36. The van der Waals surface area contributed by atoms with Gasteiger partial charge in [0.15, 0.2) is 4.88 Å². The molecule has 8 nitrogen and oxygen atoms in total. The average Bonchev–Trinajstić information content (AvgIpc) is 3.62. The molecule has 0 bridgehead atoms. The molecule has 41 heavy (non-hydrogen) atoms. The maximum Gasteiger partial charge on any atom is 0.349 e. The van der Waals surface area contributed by atoms with E-state index in [0.717, 1.165) is 39.1 Å². The fourth-order valence-electron chi connectivity index (χ4n) is 4.26. The molecule has 1 N–H and O–H groups in total. The number of halogens is 1. The van der Waals surface area contributed by atoms with E-state index in [1.165, 1.54) is 0 Å². The van der Waals surface area contributed by atoms with E-state index in [1.54, 1.807) is 17.1 Å². The van der Waals surface area contributed by atoms with E-state index in [9.17, 15) is 9.90 Å². The first-order valence-electron chi connectivity index (χ1n) is 13.2. The van der Waals surface area contributed by atoms with Gasteiger partial charge in [-0.1, -0.05) is 50.6 Å². The number of ether oxygens (including phenoxy) is 1. The molecule has 214 valence electrons. The summed E-state index contributed by atoms with van der Waals surface area (Å²) < 4.78 is 16.4. The minimum Gasteiger partial charge on any atom is -0.542 e. The highest BCUT2D eigenvalue weighted by Crippen LogP contribution is 2.42. The zero-order valence-electron chi connectivity index (χ0n) is 24.1. The van der Waals surface area contributed by atoms with Crippen LogP contribution in [-0.2, 0) is 7.05 Å². The fourth-order valence-corrected chi connectivity index (χ4v) is 6.58. The fraction of sp³-hybridized carbons (Fsp3) is 0.300. The number of carboxylic acids is 1. The second-order valence-electron chi connectivity index (χ2n) is 11.6. The van der Waals surface area contributed by atoms with Gasteiger partial charge in [-0.15, -0.1) is 11.3 Å². The smallest absolute Gasteiger partial charge is 0.349 e. The minimum atomic E-state index is -2.12. The summed E-state index contributed by atoms with van der Waals surface area (Å²) in [6, 6.07) is 13.3. The van der Waals surface area contributed by atoms with Crippen molar-refractivity contribution in [2.45, 2.75) is 51.9 Å². The van der Waals surface area contributed by atoms with Crippen LogP contribution in [0.1, 0.15) is 49.0 Å². The van der Waals surface area contributed by atoms with Gasteiger partial charge in [-0.2, -0.15) is 5.10 Å². The third-order valence-corrected chi connectivity index (χ3v) is 13.5. The Morgan fingerprint density at radius 2 is 1.88 bits per heavy atom. The number of aromatic nitrogens is 4. The number of hydrogen-bond acceptors (Lipinski definition) is 6. The molecule has 2 aromatic carbocycles. The topological polar surface area (TPSA) is 91.4 Å². The Morgan fingerprint density at radius 3 is 2.54 bits per heavy atom. The van der Waals surface area contributed by atoms with Crippen molar-refractivity contribution in [3.8, 4) is 27.6 Å². The molecule has 5 rings (SSSR count). The van der Waals surface area contributed by atoms with Crippen LogP contribution in [0, 0.1) is 0 Å². The monoisotopic (exact) mass is 608 g/mol. The standard InChI is InChI=1S/C30H33ClN4O4SSi/c1-18(21-9-8-10-24(27(21)31)39-41(6,7)30(2,3)4)38-25-14-26(40-28(25)29(36)37)35-17-32-22-13-19(11-12-23(22)35)20-15-33-34(5)16-20/h8-18H,1-7H3,(H,36,37)/t18-/m1/s1. The quantitative estimate of drug-likeness (QED) is 0.178. The number of aromatic carboxylic acids is 1. The number of carbonyl (C=O) groups is 1. The normalized spacial score (nSPS) is 13.0. The Hall–Kier alpha value is -3.60. The molecule has 5 aromatic rings. The highest BCUT2D eigenvalue weighted by Gasteiger charge is 2.39. The van der Waals surface area contributed by atoms with Crippen LogP contribution in [0.4, 0.5) is 0 Å². The molecule has 0 fully saturated rings. The Labute approximate surface area is 249 Å². The molecule has 0 amide bonds. The van der Waals surface area contributed by atoms with E-state index in [2.05, 4.69) is 43.9 Å². The maximum atomic E-state index is 12.2. The van der Waals surface area contributed by atoms with Crippen LogP contribution in [0.5, 0.6) is 11.5 Å². The van der Waals surface area contributed by atoms with Gasteiger partial charge in [-0.05, 0) is 48.8 Å². The highest BCUT2D eigenvalue weighted by atomic mass is 35.5. The molecule has 3 heterocycles. The van der Waals surface area contributed by atoms with Crippen molar-refractivity contribution in [1.82, 2.24) is 19.3 Å². The van der Waals surface area contributed by atoms with Crippen molar-refractivity contribution in [3.05, 3.63) is 76.6 Å². The first-order valence-corrected chi connectivity index (χ1v) is 17.3. The van der Waals surface area contributed by atoms with Gasteiger partial charge < -0.3 is 14.3 Å². The zero-order chi connectivity index (χ0) is 29.7. The lowest BCUT2D eigenvalue weighted by Crippen LogP contribution is -2.44. The lowest BCUT2D eigenvalue weighted by Gasteiger charge is -2.37. The van der Waals surface area contributed by atoms with Gasteiger partial charge in [0, 0.05) is 30.4 Å². The van der Waals surface area contributed by atoms with Gasteiger partial charge in [-0.25, -0.2) is 9.78 Å². The van der Waals surface area contributed by atoms with E-state index in [-0.39, 0.29) is 15.7 Å². The molecular weight excluding hydrogens is 576 g/mol. The number of nitrogens with zero attached hydrogens (tertiary/aromatic N) is 4. The van der Waals surface area contributed by atoms with Crippen LogP contribution in [0.15, 0.2) is 61.2 Å². The first kappa shape index (κ1) is 28.9. The van der Waals surface area contributed by atoms with Gasteiger partial charge in [0.05, 0.1) is 22.3 Å². The second kappa shape index (κ2) is 10.7. The van der Waals surface area contributed by atoms with E-state index in [1.807, 2.05) is 67.3 Å². The molecular formula is C30H33ClN4O4SSi. The molecule has 1 atom stereocenters. The number of hydrogen-bond donors (Lipinski definition) is 1. The second-order valence-corrected chi connectivity index (χ2v) is 17.7. The number of benzene rings is 2. The third kappa shape index (κ3) is 5.64. The first-order chi connectivity index (χ1) is 19.2. The van der Waals surface area contributed by atoms with Crippen LogP contribution in [0.3, 0.4) is 0 Å². The summed E-state index contributed by atoms with van der Waals surface area (Å²) in [5.74, 6) is -0.176. The summed E-state index contributed by atoms with van der Waals surface area (Å²) in [6.07, 6.45) is 4.93. The van der Waals surface area contributed by atoms with Gasteiger partial charge in [0.25, 0.3) is 8.32 Å². The molecule has 0 aliphatic carbocycles. The molecule has 0 aliphatic heterocycles. The summed E-state index contributed by atoms with van der Waals surface area (Å²) >= 11 is 7.96. The minimum absolute atomic E-state index is 0.00966. The van der Waals surface area contributed by atoms with Crippen molar-refractivity contribution in [1.29, 1.82) is 0 Å². The van der Waals surface area contributed by atoms with Gasteiger partial charge in [0.2, 0.25) is 0 Å². The van der Waals surface area contributed by atoms with E-state index < -0.39 is 20.4 Å². The largest absolute Gasteiger partial charge is 0.542 e. The van der Waals surface area contributed by atoms with Crippen LogP contribution in [-0.4, -0.2) is 38.7 Å². The van der Waals surface area contributed by atoms with Gasteiger partial charge in [-0.3, -0.25) is 9.25 Å². The maximum absolute atomic E-state index is 12.2. The number of fused-ring (bicyclic) bond motifs is 1. The highest BCUT2D eigenvalue weighted by molar-refractivity contribution is 7.16. The van der Waals surface area contributed by atoms with E-state index >= 15 is 0 Å². The average molecular weight is 609 g/mol. The summed E-state index contributed by atoms with van der Waals surface area (Å²) in [4.78, 5) is 16.9. The molecule has 0 unspecified atom stereocenters. The number of thiophene rings is 1. The van der Waals surface area contributed by atoms with Crippen LogP contribution in [0.25, 0.3) is 27.2 Å². The number of imidazole rings is 1. The molecule has 0 saturated heterocycles. The number of rotatable bonds is 8. The summed E-state index contributed by atoms with van der Waals surface area (Å²) in [7, 11) is -0.242. The predicted molar refractivity (Wildman–Crippen MR) is 166 cm³/mol. The summed E-state index contributed by atoms with van der Waals surface area (Å²) in [5.41, 5.74) is 4.37. The van der Waals surface area contributed by atoms with Crippen molar-refractivity contribution in [2.75, 3.05) is 0 Å². The van der Waals surface area contributed by atoms with E-state index in [4.69, 9.17) is 20.8 Å². The number of carboxylic acid groups (broad SMARTS) is 1. The summed E-state index contributed by atoms with van der Waals surface area (Å²) in [6.45, 7) is 12.7. The Morgan fingerprint density at radius 1 is 1.12 bits per heavy atom. The molecule has 0 saturated carbocycles. The van der Waals surface area contributed by atoms with Crippen molar-refractivity contribution in [2.24, 2.45) is 7.05 Å². The van der Waals surface area contributed by atoms with Crippen molar-refractivity contribution in [3.63, 3.8) is 0 Å². The Bertz CT molecular complexity index is 1750. The lowest BCUT2D eigenvalue weighted by atomic mass is 10.1. The van der Waals surface area contributed by atoms with Gasteiger partial charge in [0.1, 0.15) is 28.9 Å². The van der Waals surface area contributed by atoms with E-state index in [0.29, 0.717) is 15.8 Å². The zero-order valence-corrected chi connectivity index (χ0v) is 26.7. The molecule has 0 aliphatic rings. The number of aryl methyl sites for hydroxylation is 1. The van der Waals surface area contributed by atoms with Crippen LogP contribution in [0.2, 0.25) is 23.2 Å². The molecule has 0 spiro atoms. The SMILES string of the molecule is C[C@@H](Oc1cc(-n2cnc3cc(-c4cnn(C)c4)ccc32)sc1C(=O)O)c1cccc(O[Si](C)(C)C(C)(C)C)c1Cl. The van der Waals surface area contributed by atoms with Crippen molar-refractivity contribution >= 4 is 48.3 Å². The Kier molecular flexibility index (Phi) is 7.52. The van der Waals surface area contributed by atoms with Crippen molar-refractivity contribution < 1.29 is 19.1 Å². The third-order valence-electron chi connectivity index (χ3n) is 7.61. The summed E-state index contributed by atoms with van der Waals surface area (Å²) in [5, 5.41) is 15.4. The molecule has 11 heteroatoms. The lowest BCUT2D eigenvalue weighted by molar-refractivity contribution is 0.0695. The van der Waals surface area contributed by atoms with Gasteiger partial charge >= 0.3 is 5.97 Å². The van der Waals surface area contributed by atoms with Crippen LogP contribution < -0.4 is 9.16 Å². The van der Waals surface area contributed by atoms with Crippen LogP contribution >= 0.6 is 22.9 Å². The molecule has 3 aromatic heterocycles. The Balaban J connectivity index is 1.44. The molecule has 0 radical (unpaired) electrons.